The molecule has 1 saturated carbocycles. The van der Waals surface area contributed by atoms with Crippen LogP contribution in [0.15, 0.2) is 36.9 Å². The highest BCUT2D eigenvalue weighted by Gasteiger charge is 2.27. The van der Waals surface area contributed by atoms with Gasteiger partial charge in [0.1, 0.15) is 12.7 Å². The van der Waals surface area contributed by atoms with Crippen LogP contribution in [0.25, 0.3) is 0 Å². The van der Waals surface area contributed by atoms with Crippen LogP contribution in [0.1, 0.15) is 37.7 Å². The van der Waals surface area contributed by atoms with E-state index in [0.717, 1.165) is 23.4 Å². The van der Waals surface area contributed by atoms with Crippen LogP contribution < -0.4 is 0 Å². The number of rotatable bonds is 6. The molecule has 0 saturated heterocycles. The molecule has 0 unspecified atom stereocenters. The molecule has 122 valence electrons. The summed E-state index contributed by atoms with van der Waals surface area (Å²) in [5.41, 5.74) is 1.01. The normalized spacial score (nSPS) is 15.0. The van der Waals surface area contributed by atoms with E-state index in [1.165, 1.54) is 19.2 Å². The molecule has 1 fully saturated rings. The van der Waals surface area contributed by atoms with Crippen molar-refractivity contribution in [2.45, 2.75) is 51.2 Å². The lowest BCUT2D eigenvalue weighted by Crippen LogP contribution is -2.38. The molecule has 0 bridgehead atoms. The molecule has 0 N–H and O–H groups in total. The molecule has 1 aromatic heterocycles. The summed E-state index contributed by atoms with van der Waals surface area (Å²) in [5.74, 6) is 0.160. The highest BCUT2D eigenvalue weighted by atomic mass is 35.5. The summed E-state index contributed by atoms with van der Waals surface area (Å²) in [4.78, 5) is 18.7. The Morgan fingerprint density at radius 3 is 2.78 bits per heavy atom. The fraction of sp³-hybridized carbons (Fsp3) is 0.471. The van der Waals surface area contributed by atoms with E-state index in [-0.39, 0.29) is 5.91 Å². The number of carbonyl (C=O) groups is 1. The molecule has 6 heteroatoms. The van der Waals surface area contributed by atoms with Crippen molar-refractivity contribution in [3.8, 4) is 0 Å². The lowest BCUT2D eigenvalue weighted by atomic mass is 10.1. The second kappa shape index (κ2) is 7.59. The minimum Gasteiger partial charge on any atom is -0.335 e. The largest absolute Gasteiger partial charge is 0.335 e. The molecular formula is C17H21ClN4O. The van der Waals surface area contributed by atoms with Gasteiger partial charge in [0.2, 0.25) is 5.91 Å². The fourth-order valence-electron chi connectivity index (χ4n) is 3.15. The molecule has 0 aliphatic heterocycles. The van der Waals surface area contributed by atoms with Crippen LogP contribution in [-0.2, 0) is 17.9 Å². The number of hydrogen-bond donors (Lipinski definition) is 0. The number of benzene rings is 1. The zero-order chi connectivity index (χ0) is 16.1. The number of hydrogen-bond acceptors (Lipinski definition) is 3. The quantitative estimate of drug-likeness (QED) is 0.815. The summed E-state index contributed by atoms with van der Waals surface area (Å²) in [6.07, 6.45) is 8.12. The molecular weight excluding hydrogens is 312 g/mol. The van der Waals surface area contributed by atoms with Crippen molar-refractivity contribution in [1.29, 1.82) is 0 Å². The van der Waals surface area contributed by atoms with Crippen molar-refractivity contribution >= 4 is 17.5 Å². The minimum atomic E-state index is 0.160. The fourth-order valence-corrected chi connectivity index (χ4v) is 3.34. The highest BCUT2D eigenvalue weighted by Crippen LogP contribution is 2.27. The molecule has 1 aliphatic rings. The van der Waals surface area contributed by atoms with Gasteiger partial charge in [0.05, 0.1) is 6.54 Å². The maximum absolute atomic E-state index is 12.8. The Morgan fingerprint density at radius 2 is 2.09 bits per heavy atom. The third kappa shape index (κ3) is 4.10. The molecule has 0 radical (unpaired) electrons. The van der Waals surface area contributed by atoms with Crippen molar-refractivity contribution in [2.75, 3.05) is 0 Å². The first kappa shape index (κ1) is 16.0. The summed E-state index contributed by atoms with van der Waals surface area (Å²) in [6.45, 7) is 1.14. The van der Waals surface area contributed by atoms with Gasteiger partial charge in [-0.3, -0.25) is 9.48 Å². The molecule has 3 rings (SSSR count). The summed E-state index contributed by atoms with van der Waals surface area (Å²) < 4.78 is 1.69. The summed E-state index contributed by atoms with van der Waals surface area (Å²) in [7, 11) is 0. The molecule has 23 heavy (non-hydrogen) atoms. The summed E-state index contributed by atoms with van der Waals surface area (Å²) in [5, 5.41) is 4.78. The number of halogens is 1. The molecule has 1 amide bonds. The van der Waals surface area contributed by atoms with Crippen molar-refractivity contribution in [3.63, 3.8) is 0 Å². The van der Waals surface area contributed by atoms with Crippen LogP contribution in [0, 0.1) is 0 Å². The van der Waals surface area contributed by atoms with Crippen molar-refractivity contribution in [3.05, 3.63) is 47.5 Å². The Bertz CT molecular complexity index is 638. The zero-order valence-electron chi connectivity index (χ0n) is 13.1. The van der Waals surface area contributed by atoms with Crippen molar-refractivity contribution in [2.24, 2.45) is 0 Å². The standard InChI is InChI=1S/C17H21ClN4O/c18-16-8-4-1-5-14(16)11-22(15-6-2-3-7-15)17(23)9-10-21-13-19-12-20-21/h1,4-5,8,12-13,15H,2-3,6-7,9-11H2. The molecule has 1 heterocycles. The van der Waals surface area contributed by atoms with Gasteiger partial charge >= 0.3 is 0 Å². The van der Waals surface area contributed by atoms with Gasteiger partial charge in [-0.2, -0.15) is 5.10 Å². The van der Waals surface area contributed by atoms with E-state index in [4.69, 9.17) is 11.6 Å². The number of aromatic nitrogens is 3. The van der Waals surface area contributed by atoms with Gasteiger partial charge < -0.3 is 4.90 Å². The molecule has 5 nitrogen and oxygen atoms in total. The first-order chi connectivity index (χ1) is 11.2. The highest BCUT2D eigenvalue weighted by molar-refractivity contribution is 6.31. The Labute approximate surface area is 141 Å². The minimum absolute atomic E-state index is 0.160. The number of amides is 1. The van der Waals surface area contributed by atoms with Gasteiger partial charge in [-0.1, -0.05) is 42.6 Å². The van der Waals surface area contributed by atoms with Gasteiger partial charge in [-0.15, -0.1) is 0 Å². The number of carbonyl (C=O) groups excluding carboxylic acids is 1. The number of aryl methyl sites for hydroxylation is 1. The lowest BCUT2D eigenvalue weighted by Gasteiger charge is -2.29. The topological polar surface area (TPSA) is 51.0 Å². The second-order valence-corrected chi connectivity index (χ2v) is 6.37. The van der Waals surface area contributed by atoms with Gasteiger partial charge in [0.15, 0.2) is 0 Å². The summed E-state index contributed by atoms with van der Waals surface area (Å²) in [6, 6.07) is 8.08. The van der Waals surface area contributed by atoms with Crippen LogP contribution in [0.5, 0.6) is 0 Å². The SMILES string of the molecule is O=C(CCn1cncn1)N(Cc1ccccc1Cl)C1CCCC1. The first-order valence-corrected chi connectivity index (χ1v) is 8.47. The predicted molar refractivity (Wildman–Crippen MR) is 88.9 cm³/mol. The van der Waals surface area contributed by atoms with Crippen LogP contribution in [0.4, 0.5) is 0 Å². The molecule has 0 atom stereocenters. The Balaban J connectivity index is 1.69. The average molecular weight is 333 g/mol. The maximum Gasteiger partial charge on any atom is 0.224 e. The Kier molecular flexibility index (Phi) is 5.28. The van der Waals surface area contributed by atoms with Crippen LogP contribution in [-0.4, -0.2) is 31.6 Å². The van der Waals surface area contributed by atoms with E-state index in [1.54, 1.807) is 11.0 Å². The molecule has 1 aromatic carbocycles. The van der Waals surface area contributed by atoms with E-state index in [0.29, 0.717) is 25.6 Å². The van der Waals surface area contributed by atoms with Crippen molar-refractivity contribution < 1.29 is 4.79 Å². The van der Waals surface area contributed by atoms with E-state index < -0.39 is 0 Å². The second-order valence-electron chi connectivity index (χ2n) is 5.96. The third-order valence-corrected chi connectivity index (χ3v) is 4.77. The summed E-state index contributed by atoms with van der Waals surface area (Å²) >= 11 is 6.28. The third-order valence-electron chi connectivity index (χ3n) is 4.41. The Hall–Kier alpha value is -1.88. The maximum atomic E-state index is 12.8. The average Bonchev–Trinajstić information content (AvgIpc) is 3.25. The lowest BCUT2D eigenvalue weighted by molar-refractivity contribution is -0.134. The van der Waals surface area contributed by atoms with Gasteiger partial charge in [-0.05, 0) is 24.5 Å². The predicted octanol–water partition coefficient (Wildman–Crippen LogP) is 3.29. The number of nitrogens with zero attached hydrogens (tertiary/aromatic N) is 4. The molecule has 2 aromatic rings. The first-order valence-electron chi connectivity index (χ1n) is 8.09. The van der Waals surface area contributed by atoms with E-state index in [9.17, 15) is 4.79 Å². The van der Waals surface area contributed by atoms with Crippen LogP contribution in [0.2, 0.25) is 5.02 Å². The van der Waals surface area contributed by atoms with Crippen LogP contribution >= 0.6 is 11.6 Å². The Morgan fingerprint density at radius 1 is 1.30 bits per heavy atom. The molecule has 1 aliphatic carbocycles. The monoisotopic (exact) mass is 332 g/mol. The molecule has 0 spiro atoms. The van der Waals surface area contributed by atoms with E-state index >= 15 is 0 Å². The van der Waals surface area contributed by atoms with Crippen molar-refractivity contribution in [1.82, 2.24) is 19.7 Å². The van der Waals surface area contributed by atoms with Gasteiger partial charge in [-0.25, -0.2) is 4.98 Å². The van der Waals surface area contributed by atoms with Gasteiger partial charge in [0, 0.05) is 24.0 Å². The van der Waals surface area contributed by atoms with E-state index in [1.807, 2.05) is 29.2 Å². The van der Waals surface area contributed by atoms with Gasteiger partial charge in [0.25, 0.3) is 0 Å². The smallest absolute Gasteiger partial charge is 0.224 e. The van der Waals surface area contributed by atoms with Crippen LogP contribution in [0.3, 0.4) is 0 Å². The van der Waals surface area contributed by atoms with E-state index in [2.05, 4.69) is 10.1 Å². The zero-order valence-corrected chi connectivity index (χ0v) is 13.8.